The first-order valence-corrected chi connectivity index (χ1v) is 11.9. The molecule has 0 bridgehead atoms. The Bertz CT molecular complexity index is 1020. The summed E-state index contributed by atoms with van der Waals surface area (Å²) >= 11 is 0. The van der Waals surface area contributed by atoms with Crippen LogP contribution in [0.3, 0.4) is 0 Å². The lowest BCUT2D eigenvalue weighted by molar-refractivity contribution is -0.145. The van der Waals surface area contributed by atoms with Crippen LogP contribution >= 0.6 is 0 Å². The highest BCUT2D eigenvalue weighted by molar-refractivity contribution is 5.99. The molecule has 8 N–H and O–H groups in total. The number of hydrogen-bond acceptors (Lipinski definition) is 8. The molecule has 0 unspecified atom stereocenters. The number of aliphatic hydroxyl groups is 3. The highest BCUT2D eigenvalue weighted by Gasteiger charge is 2.43. The Kier molecular flexibility index (Phi) is 10.6. The van der Waals surface area contributed by atoms with Crippen molar-refractivity contribution >= 4 is 23.7 Å². The molecule has 0 spiro atoms. The lowest BCUT2D eigenvalue weighted by Crippen LogP contribution is -2.60. The fourth-order valence-electron chi connectivity index (χ4n) is 3.96. The number of aliphatic hydroxyl groups excluding tert-OH is 3. The van der Waals surface area contributed by atoms with Crippen molar-refractivity contribution in [1.29, 1.82) is 0 Å². The first kappa shape index (κ1) is 29.7. The predicted octanol–water partition coefficient (Wildman–Crippen LogP) is -0.626. The van der Waals surface area contributed by atoms with Crippen LogP contribution in [0.25, 0.3) is 0 Å². The molecule has 0 aliphatic carbocycles. The molecule has 6 atom stereocenters. The first-order chi connectivity index (χ1) is 17.3. The number of carboxylic acid groups (broad SMARTS) is 1. The number of rotatable bonds is 10. The molecule has 204 valence electrons. The summed E-state index contributed by atoms with van der Waals surface area (Å²) in [5.74, 6) is -3.57. The number of carbonyl (C=O) groups is 3. The lowest BCUT2D eigenvalue weighted by Gasteiger charge is -2.38. The number of benzene rings is 1. The van der Waals surface area contributed by atoms with E-state index in [0.29, 0.717) is 5.92 Å². The van der Waals surface area contributed by atoms with Crippen molar-refractivity contribution in [2.45, 2.75) is 70.4 Å². The Hall–Kier alpha value is -3.48. The number of nitrogens with one attached hydrogen (secondary N) is 2. The Balaban J connectivity index is 2.28. The van der Waals surface area contributed by atoms with E-state index in [9.17, 15) is 34.8 Å². The molecule has 37 heavy (non-hydrogen) atoms. The van der Waals surface area contributed by atoms with Gasteiger partial charge in [-0.1, -0.05) is 38.1 Å². The summed E-state index contributed by atoms with van der Waals surface area (Å²) in [7, 11) is 0. The number of hydrogen-bond donors (Lipinski definition) is 7. The van der Waals surface area contributed by atoms with Gasteiger partial charge in [0.2, 0.25) is 17.6 Å². The summed E-state index contributed by atoms with van der Waals surface area (Å²) in [6.07, 6.45) is -2.99. The van der Waals surface area contributed by atoms with Gasteiger partial charge in [-0.3, -0.25) is 14.9 Å². The zero-order valence-corrected chi connectivity index (χ0v) is 21.3. The number of aliphatic imine (C=N–C) groups is 1. The van der Waals surface area contributed by atoms with E-state index in [4.69, 9.17) is 10.5 Å². The minimum atomic E-state index is -1.78. The molecule has 0 saturated heterocycles. The normalized spacial score (nSPS) is 22.3. The highest BCUT2D eigenvalue weighted by Crippen LogP contribution is 2.25. The highest BCUT2D eigenvalue weighted by atomic mass is 16.5. The maximum atomic E-state index is 12.8. The molecule has 1 aliphatic rings. The number of aliphatic carboxylic acids is 1. The van der Waals surface area contributed by atoms with Crippen molar-refractivity contribution in [3.63, 3.8) is 0 Å². The summed E-state index contributed by atoms with van der Waals surface area (Å²) in [6, 6.07) is 5.27. The number of ether oxygens (including phenoxy) is 1. The van der Waals surface area contributed by atoms with E-state index in [1.165, 1.54) is 6.92 Å². The Morgan fingerprint density at radius 2 is 1.76 bits per heavy atom. The average molecular weight is 521 g/mol. The fraction of sp³-hybridized carbons (Fsp3) is 0.520. The van der Waals surface area contributed by atoms with Crippen LogP contribution in [0.5, 0.6) is 0 Å². The average Bonchev–Trinajstić information content (AvgIpc) is 2.83. The second kappa shape index (κ2) is 13.2. The second-order valence-electron chi connectivity index (χ2n) is 9.44. The molecule has 1 aliphatic heterocycles. The maximum absolute atomic E-state index is 12.8. The monoisotopic (exact) mass is 520 g/mol. The quantitative estimate of drug-likeness (QED) is 0.155. The SMILES string of the molecule is CC(=O)N[C@H]1[C@H]([C@H](O)[C@H](O)CO)OC(C(=O)O)=C[C@@H]1N=C(N)NC(=O)[C@@H](C)c1ccc(CC(C)C)cc1. The minimum absolute atomic E-state index is 0.354. The molecule has 0 saturated carbocycles. The third-order valence-electron chi connectivity index (χ3n) is 5.86. The van der Waals surface area contributed by atoms with Crippen molar-refractivity contribution in [2.24, 2.45) is 16.6 Å². The summed E-state index contributed by atoms with van der Waals surface area (Å²) in [5, 5.41) is 44.0. The number of nitrogens with two attached hydrogens (primary N) is 1. The second-order valence-corrected chi connectivity index (χ2v) is 9.44. The van der Waals surface area contributed by atoms with Crippen LogP contribution in [-0.2, 0) is 25.5 Å². The molecule has 1 aromatic carbocycles. The van der Waals surface area contributed by atoms with Crippen molar-refractivity contribution in [2.75, 3.05) is 6.61 Å². The van der Waals surface area contributed by atoms with Crippen molar-refractivity contribution < 1.29 is 39.5 Å². The van der Waals surface area contributed by atoms with E-state index in [2.05, 4.69) is 29.5 Å². The van der Waals surface area contributed by atoms with Gasteiger partial charge in [-0.25, -0.2) is 9.79 Å². The van der Waals surface area contributed by atoms with Gasteiger partial charge in [-0.15, -0.1) is 0 Å². The third kappa shape index (κ3) is 8.27. The Morgan fingerprint density at radius 1 is 1.14 bits per heavy atom. The summed E-state index contributed by atoms with van der Waals surface area (Å²) in [5.41, 5.74) is 7.87. The van der Waals surface area contributed by atoms with Gasteiger partial charge in [0.1, 0.15) is 18.3 Å². The standard InChI is InChI=1S/C25H36N4O8/c1-12(2)9-15-5-7-16(8-6-15)13(3)23(34)29-25(26)28-17-10-19(24(35)36)37-22(20(17)27-14(4)31)21(33)18(32)11-30/h5-8,10,12-13,17-18,20-22,30,32-33H,9,11H2,1-4H3,(H,27,31)(H,35,36)(H3,26,28,29,34)/t13-,17-,18+,20+,21+,22+/m0/s1. The van der Waals surface area contributed by atoms with Gasteiger partial charge in [0.15, 0.2) is 5.96 Å². The van der Waals surface area contributed by atoms with E-state index in [1.807, 2.05) is 24.3 Å². The van der Waals surface area contributed by atoms with Gasteiger partial charge >= 0.3 is 5.97 Å². The van der Waals surface area contributed by atoms with Crippen LogP contribution in [0.4, 0.5) is 0 Å². The molecule has 0 aromatic heterocycles. The molecule has 12 heteroatoms. The third-order valence-corrected chi connectivity index (χ3v) is 5.86. The van der Waals surface area contributed by atoms with Gasteiger partial charge in [0.25, 0.3) is 0 Å². The van der Waals surface area contributed by atoms with E-state index >= 15 is 0 Å². The van der Waals surface area contributed by atoms with Gasteiger partial charge in [0, 0.05) is 6.92 Å². The molecule has 0 fully saturated rings. The van der Waals surface area contributed by atoms with E-state index in [0.717, 1.165) is 23.6 Å². The lowest BCUT2D eigenvalue weighted by atomic mass is 9.92. The van der Waals surface area contributed by atoms with Crippen LogP contribution in [0.15, 0.2) is 41.1 Å². The maximum Gasteiger partial charge on any atom is 0.370 e. The first-order valence-electron chi connectivity index (χ1n) is 11.9. The van der Waals surface area contributed by atoms with Crippen molar-refractivity contribution in [3.05, 3.63) is 47.2 Å². The predicted molar refractivity (Wildman–Crippen MR) is 134 cm³/mol. The zero-order valence-electron chi connectivity index (χ0n) is 21.3. The van der Waals surface area contributed by atoms with Crippen LogP contribution in [-0.4, -0.2) is 81.2 Å². The largest absolute Gasteiger partial charge is 0.478 e. The van der Waals surface area contributed by atoms with Crippen LogP contribution in [0.2, 0.25) is 0 Å². The molecule has 2 rings (SSSR count). The molecular formula is C25H36N4O8. The van der Waals surface area contributed by atoms with Gasteiger partial charge in [0.05, 0.1) is 24.6 Å². The van der Waals surface area contributed by atoms with Crippen molar-refractivity contribution in [1.82, 2.24) is 10.6 Å². The minimum Gasteiger partial charge on any atom is -0.478 e. The molecular weight excluding hydrogens is 484 g/mol. The summed E-state index contributed by atoms with van der Waals surface area (Å²) in [6.45, 7) is 6.27. The molecule has 2 amide bonds. The number of guanidine groups is 1. The topological polar surface area (TPSA) is 204 Å². The van der Waals surface area contributed by atoms with E-state index in [-0.39, 0.29) is 5.96 Å². The summed E-state index contributed by atoms with van der Waals surface area (Å²) in [4.78, 5) is 40.4. The van der Waals surface area contributed by atoms with Crippen LogP contribution < -0.4 is 16.4 Å². The molecule has 1 aromatic rings. The number of amides is 2. The van der Waals surface area contributed by atoms with Gasteiger partial charge in [-0.05, 0) is 36.5 Å². The fourth-order valence-corrected chi connectivity index (χ4v) is 3.96. The van der Waals surface area contributed by atoms with Crippen molar-refractivity contribution in [3.8, 4) is 0 Å². The smallest absolute Gasteiger partial charge is 0.370 e. The van der Waals surface area contributed by atoms with E-state index < -0.39 is 66.5 Å². The molecule has 1 heterocycles. The Labute approximate surface area is 215 Å². The number of nitrogens with zero attached hydrogens (tertiary/aromatic N) is 1. The van der Waals surface area contributed by atoms with Gasteiger partial charge < -0.3 is 36.2 Å². The number of carboxylic acids is 1. The summed E-state index contributed by atoms with van der Waals surface area (Å²) < 4.78 is 5.30. The van der Waals surface area contributed by atoms with E-state index in [1.54, 1.807) is 6.92 Å². The van der Waals surface area contributed by atoms with Gasteiger partial charge in [-0.2, -0.15) is 0 Å². The van der Waals surface area contributed by atoms with Crippen LogP contribution in [0.1, 0.15) is 44.7 Å². The van der Waals surface area contributed by atoms with Crippen LogP contribution in [0, 0.1) is 5.92 Å². The Morgan fingerprint density at radius 3 is 2.27 bits per heavy atom. The zero-order chi connectivity index (χ0) is 27.9. The molecule has 0 radical (unpaired) electrons. The number of carbonyl (C=O) groups excluding carboxylic acids is 2. The molecule has 12 nitrogen and oxygen atoms in total.